The molecule has 0 aromatic heterocycles. The summed E-state index contributed by atoms with van der Waals surface area (Å²) in [6.07, 6.45) is 1.42. The van der Waals surface area contributed by atoms with Crippen molar-refractivity contribution in [1.29, 1.82) is 0 Å². The number of carboxylic acid groups (broad SMARTS) is 1. The van der Waals surface area contributed by atoms with Gasteiger partial charge in [0.2, 0.25) is 5.91 Å². The normalized spacial score (nSPS) is 17.0. The van der Waals surface area contributed by atoms with E-state index in [9.17, 15) is 24.9 Å². The lowest BCUT2D eigenvalue weighted by Gasteiger charge is -2.34. The third-order valence-corrected chi connectivity index (χ3v) is 5.81. The molecule has 2 aromatic carbocycles. The fourth-order valence-corrected chi connectivity index (χ4v) is 3.96. The average Bonchev–Trinajstić information content (AvgIpc) is 2.74. The number of morpholine rings is 1. The number of hydrogen-bond donors (Lipinski definition) is 3. The highest BCUT2D eigenvalue weighted by Gasteiger charge is 2.33. The fraction of sp³-hybridized carbons (Fsp3) is 0.391. The molecule has 1 fully saturated rings. The highest BCUT2D eigenvalue weighted by molar-refractivity contribution is 5.84. The SMILES string of the molecule is CC(CCCC(=O)N1CCOC[C@H]1C(=O)O)(c1ccc(O)cc1)c1ccc(O)cc1. The molecule has 1 atom stereocenters. The monoisotopic (exact) mass is 413 g/mol. The van der Waals surface area contributed by atoms with E-state index in [-0.39, 0.29) is 37.0 Å². The molecule has 30 heavy (non-hydrogen) atoms. The summed E-state index contributed by atoms with van der Waals surface area (Å²) in [4.78, 5) is 25.5. The molecule has 3 rings (SSSR count). The minimum Gasteiger partial charge on any atom is -0.508 e. The van der Waals surface area contributed by atoms with Gasteiger partial charge in [-0.1, -0.05) is 31.2 Å². The van der Waals surface area contributed by atoms with E-state index in [2.05, 4.69) is 6.92 Å². The van der Waals surface area contributed by atoms with Crippen molar-refractivity contribution < 1.29 is 29.6 Å². The molecule has 7 nitrogen and oxygen atoms in total. The van der Waals surface area contributed by atoms with Gasteiger partial charge in [0.15, 0.2) is 6.04 Å². The molecule has 1 aliphatic rings. The van der Waals surface area contributed by atoms with Crippen LogP contribution in [0.2, 0.25) is 0 Å². The van der Waals surface area contributed by atoms with Crippen LogP contribution in [0, 0.1) is 0 Å². The molecular formula is C23H27NO6. The van der Waals surface area contributed by atoms with E-state index in [1.54, 1.807) is 24.3 Å². The average molecular weight is 413 g/mol. The molecule has 0 radical (unpaired) electrons. The number of nitrogens with zero attached hydrogens (tertiary/aromatic N) is 1. The predicted molar refractivity (Wildman–Crippen MR) is 110 cm³/mol. The summed E-state index contributed by atoms with van der Waals surface area (Å²) in [5.74, 6) is -0.895. The van der Waals surface area contributed by atoms with Crippen LogP contribution in [0.3, 0.4) is 0 Å². The van der Waals surface area contributed by atoms with E-state index in [0.717, 1.165) is 11.1 Å². The van der Waals surface area contributed by atoms with Crippen molar-refractivity contribution in [3.05, 3.63) is 59.7 Å². The lowest BCUT2D eigenvalue weighted by atomic mass is 9.72. The number of phenolic OH excluding ortho intramolecular Hbond substituents is 2. The van der Waals surface area contributed by atoms with Crippen LogP contribution in [0.1, 0.15) is 37.3 Å². The molecule has 0 aliphatic carbocycles. The van der Waals surface area contributed by atoms with Gasteiger partial charge in [-0.05, 0) is 48.2 Å². The zero-order chi connectivity index (χ0) is 21.7. The Hall–Kier alpha value is -3.06. The Balaban J connectivity index is 1.75. The maximum atomic E-state index is 12.7. The number of ether oxygens (including phenoxy) is 1. The Bertz CT molecular complexity index is 832. The summed E-state index contributed by atoms with van der Waals surface area (Å²) in [5.41, 5.74) is 1.51. The maximum absolute atomic E-state index is 12.7. The van der Waals surface area contributed by atoms with Gasteiger partial charge in [0.1, 0.15) is 11.5 Å². The molecule has 1 heterocycles. The summed E-state index contributed by atoms with van der Waals surface area (Å²) in [7, 11) is 0. The molecule has 1 saturated heterocycles. The molecular weight excluding hydrogens is 386 g/mol. The van der Waals surface area contributed by atoms with Crippen molar-refractivity contribution in [2.75, 3.05) is 19.8 Å². The molecule has 0 unspecified atom stereocenters. The first-order valence-electron chi connectivity index (χ1n) is 10.0. The van der Waals surface area contributed by atoms with Crippen LogP contribution < -0.4 is 0 Å². The number of carbonyl (C=O) groups excluding carboxylic acids is 1. The zero-order valence-electron chi connectivity index (χ0n) is 17.0. The molecule has 1 amide bonds. The minimum atomic E-state index is -1.05. The molecule has 7 heteroatoms. The van der Waals surface area contributed by atoms with Crippen molar-refractivity contribution in [3.8, 4) is 11.5 Å². The number of aromatic hydroxyl groups is 2. The molecule has 0 saturated carbocycles. The number of rotatable bonds is 7. The van der Waals surface area contributed by atoms with E-state index >= 15 is 0 Å². The predicted octanol–water partition coefficient (Wildman–Crippen LogP) is 2.89. The van der Waals surface area contributed by atoms with E-state index in [1.165, 1.54) is 4.90 Å². The van der Waals surface area contributed by atoms with E-state index in [4.69, 9.17) is 4.74 Å². The Kier molecular flexibility index (Phi) is 6.62. The van der Waals surface area contributed by atoms with E-state index in [0.29, 0.717) is 19.4 Å². The summed E-state index contributed by atoms with van der Waals surface area (Å²) in [6.45, 7) is 2.70. The zero-order valence-corrected chi connectivity index (χ0v) is 17.0. The van der Waals surface area contributed by atoms with Crippen LogP contribution >= 0.6 is 0 Å². The minimum absolute atomic E-state index is 0.0137. The van der Waals surface area contributed by atoms with Gasteiger partial charge in [-0.25, -0.2) is 4.79 Å². The lowest BCUT2D eigenvalue weighted by molar-refractivity contribution is -0.158. The van der Waals surface area contributed by atoms with Gasteiger partial charge in [-0.15, -0.1) is 0 Å². The number of benzene rings is 2. The summed E-state index contributed by atoms with van der Waals surface area (Å²) >= 11 is 0. The van der Waals surface area contributed by atoms with Gasteiger partial charge in [0.25, 0.3) is 0 Å². The van der Waals surface area contributed by atoms with Crippen LogP contribution in [0.5, 0.6) is 11.5 Å². The molecule has 2 aromatic rings. The van der Waals surface area contributed by atoms with Gasteiger partial charge in [-0.3, -0.25) is 4.79 Å². The Morgan fingerprint density at radius 2 is 1.57 bits per heavy atom. The third kappa shape index (κ3) is 4.74. The van der Waals surface area contributed by atoms with E-state index in [1.807, 2.05) is 24.3 Å². The fourth-order valence-electron chi connectivity index (χ4n) is 3.96. The Labute approximate surface area is 175 Å². The Morgan fingerprint density at radius 3 is 2.07 bits per heavy atom. The van der Waals surface area contributed by atoms with Crippen LogP contribution in [0.15, 0.2) is 48.5 Å². The van der Waals surface area contributed by atoms with Gasteiger partial charge in [-0.2, -0.15) is 0 Å². The quantitative estimate of drug-likeness (QED) is 0.644. The summed E-state index contributed by atoms with van der Waals surface area (Å²) in [5, 5.41) is 28.6. The second-order valence-corrected chi connectivity index (χ2v) is 7.80. The van der Waals surface area contributed by atoms with Gasteiger partial charge in [0, 0.05) is 18.4 Å². The van der Waals surface area contributed by atoms with Crippen LogP contribution in [-0.4, -0.2) is 57.9 Å². The van der Waals surface area contributed by atoms with Crippen molar-refractivity contribution >= 4 is 11.9 Å². The number of hydrogen-bond acceptors (Lipinski definition) is 5. The Morgan fingerprint density at radius 1 is 1.03 bits per heavy atom. The topological polar surface area (TPSA) is 107 Å². The molecule has 3 N–H and O–H groups in total. The number of carboxylic acids is 1. The lowest BCUT2D eigenvalue weighted by Crippen LogP contribution is -2.52. The molecule has 1 aliphatic heterocycles. The van der Waals surface area contributed by atoms with Crippen LogP contribution in [-0.2, 0) is 19.7 Å². The van der Waals surface area contributed by atoms with Crippen molar-refractivity contribution in [3.63, 3.8) is 0 Å². The van der Waals surface area contributed by atoms with Crippen molar-refractivity contribution in [2.45, 2.75) is 37.6 Å². The van der Waals surface area contributed by atoms with Crippen LogP contribution in [0.25, 0.3) is 0 Å². The first-order chi connectivity index (χ1) is 14.3. The highest BCUT2D eigenvalue weighted by Crippen LogP contribution is 2.38. The first-order valence-corrected chi connectivity index (χ1v) is 10.0. The second-order valence-electron chi connectivity index (χ2n) is 7.80. The first kappa shape index (κ1) is 21.6. The smallest absolute Gasteiger partial charge is 0.328 e. The summed E-state index contributed by atoms with van der Waals surface area (Å²) < 4.78 is 5.20. The second kappa shape index (κ2) is 9.17. The van der Waals surface area contributed by atoms with Gasteiger partial charge >= 0.3 is 5.97 Å². The third-order valence-electron chi connectivity index (χ3n) is 5.81. The number of amides is 1. The summed E-state index contributed by atoms with van der Waals surface area (Å²) in [6, 6.07) is 13.0. The van der Waals surface area contributed by atoms with Crippen molar-refractivity contribution in [2.24, 2.45) is 0 Å². The van der Waals surface area contributed by atoms with Gasteiger partial charge in [0.05, 0.1) is 13.2 Å². The van der Waals surface area contributed by atoms with Gasteiger partial charge < -0.3 is 25.0 Å². The molecule has 0 bridgehead atoms. The largest absolute Gasteiger partial charge is 0.508 e. The van der Waals surface area contributed by atoms with Crippen LogP contribution in [0.4, 0.5) is 0 Å². The van der Waals surface area contributed by atoms with E-state index < -0.39 is 17.4 Å². The highest BCUT2D eigenvalue weighted by atomic mass is 16.5. The molecule has 0 spiro atoms. The number of carbonyl (C=O) groups is 2. The number of phenols is 2. The molecule has 160 valence electrons. The van der Waals surface area contributed by atoms with Crippen molar-refractivity contribution in [1.82, 2.24) is 4.90 Å². The number of aliphatic carboxylic acids is 1. The maximum Gasteiger partial charge on any atom is 0.328 e. The standard InChI is InChI=1S/C23H27NO6/c1-23(16-4-8-18(25)9-5-16,17-6-10-19(26)11-7-17)12-2-3-21(27)24-13-14-30-15-20(24)22(28)29/h4-11,20,25-26H,2-3,12-15H2,1H3,(H,28,29)/t20-/m0/s1.